The number of hydrogen-bond acceptors (Lipinski definition) is 5. The van der Waals surface area contributed by atoms with E-state index in [1.807, 2.05) is 18.2 Å². The van der Waals surface area contributed by atoms with Crippen LogP contribution in [0, 0.1) is 5.41 Å². The Kier molecular flexibility index (Phi) is 6.56. The Balaban J connectivity index is 1.22. The number of alkyl halides is 3. The van der Waals surface area contributed by atoms with E-state index in [1.54, 1.807) is 26.8 Å². The first-order valence-corrected chi connectivity index (χ1v) is 13.3. The number of amides is 2. The van der Waals surface area contributed by atoms with Crippen molar-refractivity contribution in [3.8, 4) is 0 Å². The number of rotatable bonds is 6. The summed E-state index contributed by atoms with van der Waals surface area (Å²) in [5.41, 5.74) is 0.522. The lowest BCUT2D eigenvalue weighted by Gasteiger charge is -2.69. The molecule has 3 fully saturated rings. The predicted octanol–water partition coefficient (Wildman–Crippen LogP) is 5.82. The number of carbonyl (C=O) groups is 2. The van der Waals surface area contributed by atoms with Gasteiger partial charge in [-0.1, -0.05) is 17.7 Å². The number of halogens is 4. The molecule has 7 nitrogen and oxygen atoms in total. The van der Waals surface area contributed by atoms with Crippen LogP contribution >= 0.6 is 11.6 Å². The third-order valence-electron chi connectivity index (χ3n) is 7.81. The van der Waals surface area contributed by atoms with Crippen LogP contribution in [0.2, 0.25) is 5.02 Å². The third-order valence-corrected chi connectivity index (χ3v) is 8.04. The average Bonchev–Trinajstić information content (AvgIpc) is 3.15. The molecule has 6 rings (SSSR count). The van der Waals surface area contributed by atoms with Gasteiger partial charge >= 0.3 is 12.3 Å². The van der Waals surface area contributed by atoms with E-state index in [0.29, 0.717) is 10.7 Å². The highest BCUT2D eigenvalue weighted by Gasteiger charge is 2.73. The van der Waals surface area contributed by atoms with Crippen molar-refractivity contribution >= 4 is 29.3 Å². The van der Waals surface area contributed by atoms with Gasteiger partial charge in [-0.05, 0) is 88.3 Å². The van der Waals surface area contributed by atoms with Crippen LogP contribution in [0.1, 0.15) is 62.9 Å². The number of nitrogens with one attached hydrogen (secondary N) is 2. The summed E-state index contributed by atoms with van der Waals surface area (Å²) >= 11 is 6.08. The molecule has 2 N–H and O–H groups in total. The highest BCUT2D eigenvalue weighted by atomic mass is 35.5. The Hall–Kier alpha value is -3.01. The zero-order valence-electron chi connectivity index (χ0n) is 22.3. The van der Waals surface area contributed by atoms with E-state index in [1.165, 1.54) is 24.9 Å². The van der Waals surface area contributed by atoms with Crippen LogP contribution in [0.25, 0.3) is 0 Å². The van der Waals surface area contributed by atoms with Gasteiger partial charge < -0.3 is 20.3 Å². The Morgan fingerprint density at radius 1 is 1.10 bits per heavy atom. The number of hydrogen-bond donors (Lipinski definition) is 2. The zero-order valence-corrected chi connectivity index (χ0v) is 23.0. The molecule has 1 aromatic heterocycles. The summed E-state index contributed by atoms with van der Waals surface area (Å²) in [5.74, 6) is -0.593. The number of ether oxygens (including phenoxy) is 1. The Morgan fingerprint density at radius 2 is 1.77 bits per heavy atom. The molecule has 0 saturated heterocycles. The van der Waals surface area contributed by atoms with E-state index in [9.17, 15) is 22.8 Å². The van der Waals surface area contributed by atoms with E-state index < -0.39 is 40.8 Å². The summed E-state index contributed by atoms with van der Waals surface area (Å²) in [6.07, 6.45) is -1.52. The van der Waals surface area contributed by atoms with Gasteiger partial charge in [0, 0.05) is 23.7 Å². The van der Waals surface area contributed by atoms with Crippen molar-refractivity contribution < 1.29 is 27.5 Å². The first kappa shape index (κ1) is 27.6. The molecule has 3 saturated carbocycles. The van der Waals surface area contributed by atoms with Gasteiger partial charge in [-0.25, -0.2) is 4.79 Å². The van der Waals surface area contributed by atoms with Gasteiger partial charge in [-0.15, -0.1) is 0 Å². The maximum Gasteiger partial charge on any atom is 0.414 e. The number of nitrogens with zero attached hydrogens (tertiary/aromatic N) is 2. The fraction of sp³-hybridized carbons (Fsp3) is 0.536. The number of alkyl carbamates (subject to hydrolysis) is 1. The molecule has 4 aliphatic rings. The van der Waals surface area contributed by atoms with Gasteiger partial charge in [0.2, 0.25) is 5.91 Å². The molecule has 210 valence electrons. The fourth-order valence-corrected chi connectivity index (χ4v) is 6.52. The maximum absolute atomic E-state index is 14.2. The number of pyridine rings is 1. The van der Waals surface area contributed by atoms with Gasteiger partial charge in [0.05, 0.1) is 23.0 Å². The van der Waals surface area contributed by atoms with Crippen molar-refractivity contribution in [2.45, 2.75) is 82.3 Å². The van der Waals surface area contributed by atoms with E-state index in [-0.39, 0.29) is 31.0 Å². The minimum atomic E-state index is -4.71. The minimum Gasteiger partial charge on any atom is -0.444 e. The maximum atomic E-state index is 14.2. The molecule has 39 heavy (non-hydrogen) atoms. The van der Waals surface area contributed by atoms with Crippen molar-refractivity contribution in [1.29, 1.82) is 0 Å². The lowest BCUT2D eigenvalue weighted by molar-refractivity contribution is -0.215. The molecule has 1 aromatic carbocycles. The number of benzene rings is 1. The van der Waals surface area contributed by atoms with Crippen molar-refractivity contribution in [1.82, 2.24) is 15.2 Å². The first-order valence-electron chi connectivity index (χ1n) is 12.9. The molecule has 2 atom stereocenters. The highest BCUT2D eigenvalue weighted by Crippen LogP contribution is 2.68. The molecule has 2 bridgehead atoms. The van der Waals surface area contributed by atoms with Crippen LogP contribution in [0.3, 0.4) is 0 Å². The van der Waals surface area contributed by atoms with E-state index in [0.717, 1.165) is 23.3 Å². The van der Waals surface area contributed by atoms with Crippen LogP contribution in [-0.4, -0.2) is 52.3 Å². The highest BCUT2D eigenvalue weighted by molar-refractivity contribution is 6.30. The third kappa shape index (κ3) is 5.40. The van der Waals surface area contributed by atoms with E-state index >= 15 is 0 Å². The number of carbonyl (C=O) groups excluding carboxylic acids is 2. The predicted molar refractivity (Wildman–Crippen MR) is 140 cm³/mol. The lowest BCUT2D eigenvalue weighted by Crippen LogP contribution is -2.78. The molecular formula is C28H32ClF3N4O3. The molecule has 2 amide bonds. The van der Waals surface area contributed by atoms with E-state index in [4.69, 9.17) is 16.3 Å². The van der Waals surface area contributed by atoms with Crippen LogP contribution in [0.4, 0.5) is 23.7 Å². The second kappa shape index (κ2) is 9.28. The second-order valence-corrected chi connectivity index (χ2v) is 12.6. The van der Waals surface area contributed by atoms with Crippen LogP contribution < -0.4 is 10.6 Å². The fourth-order valence-electron chi connectivity index (χ4n) is 6.32. The molecular weight excluding hydrogens is 533 g/mol. The largest absolute Gasteiger partial charge is 0.444 e. The van der Waals surface area contributed by atoms with Gasteiger partial charge in [0.1, 0.15) is 5.60 Å². The van der Waals surface area contributed by atoms with Crippen molar-refractivity contribution in [2.24, 2.45) is 5.41 Å². The average molecular weight is 565 g/mol. The Bertz CT molecular complexity index is 1270. The molecule has 11 heteroatoms. The molecule has 0 aliphatic heterocycles. The Morgan fingerprint density at radius 3 is 2.36 bits per heavy atom. The normalized spacial score (nSPS) is 26.0. The molecule has 2 aromatic rings. The van der Waals surface area contributed by atoms with Crippen molar-refractivity contribution in [2.75, 3.05) is 12.4 Å². The molecule has 0 spiro atoms. The van der Waals surface area contributed by atoms with Gasteiger partial charge in [0.25, 0.3) is 0 Å². The smallest absolute Gasteiger partial charge is 0.414 e. The van der Waals surface area contributed by atoms with Crippen LogP contribution in [0.5, 0.6) is 0 Å². The van der Waals surface area contributed by atoms with Gasteiger partial charge in [-0.2, -0.15) is 13.2 Å². The summed E-state index contributed by atoms with van der Waals surface area (Å²) < 4.78 is 47.9. The quantitative estimate of drug-likeness (QED) is 0.462. The molecule has 1 heterocycles. The van der Waals surface area contributed by atoms with Crippen LogP contribution in [0.15, 0.2) is 36.5 Å². The summed E-state index contributed by atoms with van der Waals surface area (Å²) in [6, 6.07) is 6.55. The molecule has 4 aliphatic carbocycles. The standard InChI is InChI=1S/C28H32ClF3N4O3/c1-25(2,3)39-24(38)35-27-13-26(14-27,15-27)23(37)36(4)22(28(30,31)32)21-8-7-19(12-33-21)34-20-10-16-5-6-18(29)9-17(16)11-20/h5-9,12,20,22,34H,10-11,13-15H2,1-4H3,(H,35,38)/t20-,22-,26?,27?/m0/s1. The lowest BCUT2D eigenvalue weighted by atomic mass is 9.39. The number of aromatic nitrogens is 1. The second-order valence-electron chi connectivity index (χ2n) is 12.2. The summed E-state index contributed by atoms with van der Waals surface area (Å²) in [4.78, 5) is 30.3. The van der Waals surface area contributed by atoms with Crippen molar-refractivity contribution in [3.63, 3.8) is 0 Å². The van der Waals surface area contributed by atoms with Gasteiger partial charge in [-0.3, -0.25) is 9.78 Å². The molecule has 0 radical (unpaired) electrons. The van der Waals surface area contributed by atoms with Gasteiger partial charge in [0.15, 0.2) is 6.04 Å². The number of fused-ring (bicyclic) bond motifs is 1. The summed E-state index contributed by atoms with van der Waals surface area (Å²) in [6.45, 7) is 5.23. The minimum absolute atomic E-state index is 0.0830. The SMILES string of the molecule is CN(C(=O)C12CC(NC(=O)OC(C)(C)C)(C1)C2)[C@@H](c1ccc(N[C@H]2Cc3ccc(Cl)cc3C2)cn1)C(F)(F)F. The zero-order chi connectivity index (χ0) is 28.4. The monoisotopic (exact) mass is 564 g/mol. The topological polar surface area (TPSA) is 83.6 Å². The first-order chi connectivity index (χ1) is 18.1. The number of anilines is 1. The van der Waals surface area contributed by atoms with Crippen molar-refractivity contribution in [3.05, 3.63) is 58.4 Å². The van der Waals surface area contributed by atoms with E-state index in [2.05, 4.69) is 15.6 Å². The Labute approximate surface area is 230 Å². The summed E-state index contributed by atoms with van der Waals surface area (Å²) in [5, 5.41) is 6.80. The summed E-state index contributed by atoms with van der Waals surface area (Å²) in [7, 11) is 1.17. The van der Waals surface area contributed by atoms with Crippen LogP contribution in [-0.2, 0) is 22.4 Å². The molecule has 0 unspecified atom stereocenters.